The number of tetrazole rings is 1. The second kappa shape index (κ2) is 8.39. The minimum atomic E-state index is -4.56. The Labute approximate surface area is 191 Å². The Bertz CT molecular complexity index is 1320. The first-order valence-corrected chi connectivity index (χ1v) is 10.5. The number of benzene rings is 1. The summed E-state index contributed by atoms with van der Waals surface area (Å²) in [7, 11) is 0. The average molecular weight is 472 g/mol. The second-order valence-electron chi connectivity index (χ2n) is 7.93. The Balaban J connectivity index is 1.40. The van der Waals surface area contributed by atoms with Crippen LogP contribution < -0.4 is 4.74 Å². The molecule has 1 fully saturated rings. The maximum atomic E-state index is 13.5. The van der Waals surface area contributed by atoms with Crippen LogP contribution in [-0.2, 0) is 6.18 Å². The fourth-order valence-corrected chi connectivity index (χ4v) is 4.06. The van der Waals surface area contributed by atoms with Crippen LogP contribution >= 0.6 is 0 Å². The highest BCUT2D eigenvalue weighted by molar-refractivity contribution is 5.98. The lowest BCUT2D eigenvalue weighted by Crippen LogP contribution is -2.49. The first kappa shape index (κ1) is 21.8. The van der Waals surface area contributed by atoms with Crippen LogP contribution in [0.3, 0.4) is 0 Å². The Hall–Kier alpha value is -4.03. The lowest BCUT2D eigenvalue weighted by atomic mass is 9.99. The molecule has 34 heavy (non-hydrogen) atoms. The summed E-state index contributed by atoms with van der Waals surface area (Å²) < 4.78 is 46.6. The van der Waals surface area contributed by atoms with Gasteiger partial charge in [0.15, 0.2) is 6.33 Å². The molecule has 4 heterocycles. The van der Waals surface area contributed by atoms with Crippen molar-refractivity contribution < 1.29 is 22.7 Å². The van der Waals surface area contributed by atoms with E-state index in [2.05, 4.69) is 25.4 Å². The molecule has 176 valence electrons. The number of alkyl halides is 3. The van der Waals surface area contributed by atoms with Gasteiger partial charge in [0.1, 0.15) is 17.5 Å². The molecule has 3 aromatic heterocycles. The first-order chi connectivity index (χ1) is 16.3. The van der Waals surface area contributed by atoms with E-state index in [0.29, 0.717) is 24.1 Å². The van der Waals surface area contributed by atoms with Gasteiger partial charge in [-0.1, -0.05) is 12.1 Å². The zero-order valence-corrected chi connectivity index (χ0v) is 17.9. The fraction of sp³-hybridized carbons (Fsp3) is 0.333. The normalized spacial score (nSPS) is 18.9. The number of imidazole rings is 1. The highest BCUT2D eigenvalue weighted by atomic mass is 19.4. The summed E-state index contributed by atoms with van der Waals surface area (Å²) >= 11 is 0. The molecule has 13 heteroatoms. The molecular formula is C21H19F3N8O2. The number of halogens is 3. The van der Waals surface area contributed by atoms with Crippen LogP contribution in [0.25, 0.3) is 11.3 Å². The molecule has 0 unspecified atom stereocenters. The van der Waals surface area contributed by atoms with Gasteiger partial charge in [0.25, 0.3) is 11.8 Å². The Morgan fingerprint density at radius 3 is 2.76 bits per heavy atom. The highest BCUT2D eigenvalue weighted by Gasteiger charge is 2.36. The number of piperidine rings is 1. The molecule has 4 aromatic rings. The highest BCUT2D eigenvalue weighted by Crippen LogP contribution is 2.32. The molecule has 0 bridgehead atoms. The second-order valence-corrected chi connectivity index (χ2v) is 7.93. The van der Waals surface area contributed by atoms with Crippen LogP contribution in [-0.4, -0.2) is 64.1 Å². The largest absolute Gasteiger partial charge is 0.470 e. The number of likely N-dealkylation sites (tertiary alicyclic amines) is 1. The van der Waals surface area contributed by atoms with Gasteiger partial charge >= 0.3 is 6.18 Å². The van der Waals surface area contributed by atoms with Gasteiger partial charge in [0.2, 0.25) is 5.65 Å². The van der Waals surface area contributed by atoms with E-state index in [4.69, 9.17) is 4.74 Å². The molecule has 1 aromatic carbocycles. The first-order valence-electron chi connectivity index (χ1n) is 10.5. The van der Waals surface area contributed by atoms with E-state index in [1.807, 2.05) is 6.92 Å². The predicted octanol–water partition coefficient (Wildman–Crippen LogP) is 2.80. The van der Waals surface area contributed by atoms with E-state index < -0.39 is 18.0 Å². The SMILES string of the molecule is C[C@@H]1CC[C@@H](Oc2nccn3c(C(F)(F)F)cnc23)CN1C(=O)c1ccccc1-n1ncnn1. The zero-order valence-electron chi connectivity index (χ0n) is 17.9. The van der Waals surface area contributed by atoms with Crippen LogP contribution in [0, 0.1) is 0 Å². The number of aromatic nitrogens is 7. The van der Waals surface area contributed by atoms with Gasteiger partial charge in [0.05, 0.1) is 18.3 Å². The molecular weight excluding hydrogens is 453 g/mol. The average Bonchev–Trinajstić information content (AvgIpc) is 3.50. The molecule has 0 spiro atoms. The van der Waals surface area contributed by atoms with E-state index in [9.17, 15) is 18.0 Å². The minimum Gasteiger partial charge on any atom is -0.470 e. The number of amides is 1. The molecule has 0 saturated carbocycles. The number of rotatable bonds is 4. The van der Waals surface area contributed by atoms with E-state index in [-0.39, 0.29) is 30.0 Å². The number of carbonyl (C=O) groups is 1. The monoisotopic (exact) mass is 472 g/mol. The van der Waals surface area contributed by atoms with Crippen LogP contribution in [0.5, 0.6) is 5.88 Å². The quantitative estimate of drug-likeness (QED) is 0.450. The number of hydrogen-bond acceptors (Lipinski definition) is 7. The number of fused-ring (bicyclic) bond motifs is 1. The predicted molar refractivity (Wildman–Crippen MR) is 111 cm³/mol. The molecule has 0 radical (unpaired) electrons. The summed E-state index contributed by atoms with van der Waals surface area (Å²) in [6.45, 7) is 2.17. The Morgan fingerprint density at radius 2 is 2.00 bits per heavy atom. The van der Waals surface area contributed by atoms with Crippen molar-refractivity contribution in [3.8, 4) is 11.6 Å². The van der Waals surface area contributed by atoms with Crippen LogP contribution in [0.15, 0.2) is 49.2 Å². The van der Waals surface area contributed by atoms with E-state index in [0.717, 1.165) is 10.6 Å². The van der Waals surface area contributed by atoms with E-state index in [1.54, 1.807) is 29.2 Å². The lowest BCUT2D eigenvalue weighted by Gasteiger charge is -2.38. The molecule has 1 aliphatic heterocycles. The van der Waals surface area contributed by atoms with Gasteiger partial charge < -0.3 is 9.64 Å². The molecule has 10 nitrogen and oxygen atoms in total. The molecule has 1 aliphatic rings. The van der Waals surface area contributed by atoms with Crippen molar-refractivity contribution in [1.29, 1.82) is 0 Å². The van der Waals surface area contributed by atoms with Crippen molar-refractivity contribution in [1.82, 2.24) is 39.5 Å². The van der Waals surface area contributed by atoms with Crippen molar-refractivity contribution in [2.75, 3.05) is 6.54 Å². The van der Waals surface area contributed by atoms with Crippen molar-refractivity contribution in [2.45, 2.75) is 38.1 Å². The third kappa shape index (κ3) is 3.93. The van der Waals surface area contributed by atoms with Gasteiger partial charge in [-0.15, -0.1) is 15.0 Å². The lowest BCUT2D eigenvalue weighted by molar-refractivity contribution is -0.141. The number of hydrogen-bond donors (Lipinski definition) is 0. The van der Waals surface area contributed by atoms with Gasteiger partial charge in [-0.05, 0) is 37.1 Å². The van der Waals surface area contributed by atoms with Crippen LogP contribution in [0.2, 0.25) is 0 Å². The fourth-order valence-electron chi connectivity index (χ4n) is 4.06. The maximum absolute atomic E-state index is 13.5. The number of carbonyl (C=O) groups excluding carboxylic acids is 1. The van der Waals surface area contributed by atoms with Gasteiger partial charge in [-0.2, -0.15) is 13.2 Å². The van der Waals surface area contributed by atoms with Crippen LogP contribution in [0.4, 0.5) is 13.2 Å². The third-order valence-corrected chi connectivity index (χ3v) is 5.76. The summed E-state index contributed by atoms with van der Waals surface area (Å²) in [5, 5.41) is 11.6. The Kier molecular flexibility index (Phi) is 5.38. The summed E-state index contributed by atoms with van der Waals surface area (Å²) in [5.74, 6) is -0.253. The summed E-state index contributed by atoms with van der Waals surface area (Å²) in [5.41, 5.74) is -0.0591. The third-order valence-electron chi connectivity index (χ3n) is 5.76. The van der Waals surface area contributed by atoms with E-state index >= 15 is 0 Å². The number of nitrogens with zero attached hydrogens (tertiary/aromatic N) is 8. The standard InChI is InChI=1S/C21H19F3N8O2/c1-13-6-7-14(34-19-18-26-10-17(21(22,23)24)30(18)9-8-25-19)11-31(13)20(33)15-4-2-3-5-16(15)32-28-12-27-29-32/h2-5,8-10,12-14H,6-7,11H2,1H3/t13-,14-/m1/s1. The molecule has 2 atom stereocenters. The Morgan fingerprint density at radius 1 is 1.18 bits per heavy atom. The van der Waals surface area contributed by atoms with Crippen molar-refractivity contribution in [2.24, 2.45) is 0 Å². The smallest absolute Gasteiger partial charge is 0.433 e. The maximum Gasteiger partial charge on any atom is 0.433 e. The van der Waals surface area contributed by atoms with Crippen molar-refractivity contribution >= 4 is 11.6 Å². The molecule has 0 N–H and O–H groups in total. The van der Waals surface area contributed by atoms with Gasteiger partial charge in [-0.25, -0.2) is 9.97 Å². The number of ether oxygens (including phenoxy) is 1. The van der Waals surface area contributed by atoms with Crippen molar-refractivity contribution in [3.05, 3.63) is 60.4 Å². The van der Waals surface area contributed by atoms with Gasteiger partial charge in [0, 0.05) is 18.4 Å². The molecule has 5 rings (SSSR count). The zero-order chi connectivity index (χ0) is 23.9. The van der Waals surface area contributed by atoms with Gasteiger partial charge in [-0.3, -0.25) is 9.20 Å². The molecule has 1 saturated heterocycles. The van der Waals surface area contributed by atoms with E-state index in [1.165, 1.54) is 23.5 Å². The summed E-state index contributed by atoms with van der Waals surface area (Å²) in [6, 6.07) is 6.85. The minimum absolute atomic E-state index is 0.0165. The summed E-state index contributed by atoms with van der Waals surface area (Å²) in [4.78, 5) is 24.4. The van der Waals surface area contributed by atoms with Crippen LogP contribution in [0.1, 0.15) is 35.8 Å². The number of para-hydroxylation sites is 1. The summed E-state index contributed by atoms with van der Waals surface area (Å²) in [6.07, 6.45) is 0.661. The topological polar surface area (TPSA) is 103 Å². The molecule has 1 amide bonds. The molecule has 0 aliphatic carbocycles. The van der Waals surface area contributed by atoms with Crippen molar-refractivity contribution in [3.63, 3.8) is 0 Å².